The summed E-state index contributed by atoms with van der Waals surface area (Å²) >= 11 is 6.82. The molecule has 1 heterocycles. The summed E-state index contributed by atoms with van der Waals surface area (Å²) in [4.78, 5) is 22.3. The van der Waals surface area contributed by atoms with E-state index in [1.54, 1.807) is 0 Å². The first-order valence-corrected chi connectivity index (χ1v) is 9.06. The lowest BCUT2D eigenvalue weighted by Crippen LogP contribution is -2.14. The lowest BCUT2D eigenvalue weighted by atomic mass is 10.1. The Morgan fingerprint density at radius 2 is 2.07 bits per heavy atom. The molecule has 0 aliphatic rings. The van der Waals surface area contributed by atoms with Crippen LogP contribution in [0.2, 0.25) is 5.02 Å². The molecule has 10 heteroatoms. The number of nitrogens with zero attached hydrogens (tertiary/aromatic N) is 3. The van der Waals surface area contributed by atoms with Gasteiger partial charge in [-0.15, -0.1) is 10.2 Å². The summed E-state index contributed by atoms with van der Waals surface area (Å²) in [6, 6.07) is 11.6. The minimum absolute atomic E-state index is 0.00182. The molecule has 0 saturated heterocycles. The maximum absolute atomic E-state index is 12.1. The number of anilines is 1. The predicted octanol–water partition coefficient (Wildman–Crippen LogP) is 4.34. The largest absolute Gasteiger partial charge is 0.411 e. The Labute approximate surface area is 163 Å². The number of nitro benzene ring substituents is 1. The van der Waals surface area contributed by atoms with E-state index in [1.165, 1.54) is 18.2 Å². The van der Waals surface area contributed by atoms with Crippen LogP contribution < -0.4 is 5.32 Å². The number of hydrogen-bond acceptors (Lipinski definition) is 7. The molecule has 0 saturated carbocycles. The van der Waals surface area contributed by atoms with Crippen LogP contribution in [0, 0.1) is 17.0 Å². The molecule has 8 nitrogen and oxygen atoms in total. The van der Waals surface area contributed by atoms with E-state index in [4.69, 9.17) is 16.0 Å². The molecule has 3 rings (SSSR count). The van der Waals surface area contributed by atoms with Crippen LogP contribution in [0.3, 0.4) is 0 Å². The van der Waals surface area contributed by atoms with Crippen molar-refractivity contribution in [2.45, 2.75) is 12.1 Å². The number of nitro groups is 1. The average Bonchev–Trinajstić information content (AvgIpc) is 3.10. The van der Waals surface area contributed by atoms with E-state index in [9.17, 15) is 14.9 Å². The third kappa shape index (κ3) is 4.63. The van der Waals surface area contributed by atoms with Gasteiger partial charge in [-0.2, -0.15) is 0 Å². The summed E-state index contributed by atoms with van der Waals surface area (Å²) in [5, 5.41) is 21.6. The van der Waals surface area contributed by atoms with Gasteiger partial charge < -0.3 is 9.73 Å². The van der Waals surface area contributed by atoms with Gasteiger partial charge in [0.1, 0.15) is 5.02 Å². The topological polar surface area (TPSA) is 111 Å². The molecule has 27 heavy (non-hydrogen) atoms. The van der Waals surface area contributed by atoms with Crippen molar-refractivity contribution >= 4 is 40.6 Å². The number of benzene rings is 2. The SMILES string of the molecule is Cc1ccccc1-c1nnc(SCC(=O)Nc2ccc(Cl)c([N+](=O)[O-])c2)o1. The second kappa shape index (κ2) is 8.19. The molecule has 0 aliphatic heterocycles. The number of aryl methyl sites for hydroxylation is 1. The van der Waals surface area contributed by atoms with Crippen molar-refractivity contribution in [1.82, 2.24) is 10.2 Å². The van der Waals surface area contributed by atoms with Gasteiger partial charge in [0.2, 0.25) is 11.8 Å². The van der Waals surface area contributed by atoms with Gasteiger partial charge in [0.05, 0.1) is 10.7 Å². The number of carbonyl (C=O) groups is 1. The molecule has 0 atom stereocenters. The fourth-order valence-electron chi connectivity index (χ4n) is 2.24. The molecule has 2 aromatic carbocycles. The van der Waals surface area contributed by atoms with Crippen LogP contribution >= 0.6 is 23.4 Å². The summed E-state index contributed by atoms with van der Waals surface area (Å²) in [5.41, 5.74) is 1.83. The van der Waals surface area contributed by atoms with E-state index >= 15 is 0 Å². The summed E-state index contributed by atoms with van der Waals surface area (Å²) in [6.07, 6.45) is 0. The summed E-state index contributed by atoms with van der Waals surface area (Å²) < 4.78 is 5.57. The normalized spacial score (nSPS) is 10.6. The second-order valence-electron chi connectivity index (χ2n) is 5.45. The Bertz CT molecular complexity index is 1010. The van der Waals surface area contributed by atoms with Crippen LogP contribution in [0.4, 0.5) is 11.4 Å². The maximum Gasteiger partial charge on any atom is 0.289 e. The van der Waals surface area contributed by atoms with Gasteiger partial charge in [0.25, 0.3) is 10.9 Å². The van der Waals surface area contributed by atoms with Crippen molar-refractivity contribution in [3.05, 3.63) is 63.2 Å². The van der Waals surface area contributed by atoms with Crippen molar-refractivity contribution in [2.24, 2.45) is 0 Å². The number of thioether (sulfide) groups is 1. The molecule has 0 bridgehead atoms. The number of nitrogens with one attached hydrogen (secondary N) is 1. The molecular formula is C17H13ClN4O4S. The molecule has 0 spiro atoms. The molecule has 138 valence electrons. The zero-order valence-electron chi connectivity index (χ0n) is 14.0. The van der Waals surface area contributed by atoms with Gasteiger partial charge in [-0.3, -0.25) is 14.9 Å². The van der Waals surface area contributed by atoms with Gasteiger partial charge >= 0.3 is 0 Å². The van der Waals surface area contributed by atoms with Gasteiger partial charge in [-0.1, -0.05) is 41.6 Å². The monoisotopic (exact) mass is 404 g/mol. The Balaban J connectivity index is 1.61. The Morgan fingerprint density at radius 3 is 2.81 bits per heavy atom. The van der Waals surface area contributed by atoms with Crippen molar-refractivity contribution in [3.63, 3.8) is 0 Å². The van der Waals surface area contributed by atoms with Crippen LogP contribution in [0.25, 0.3) is 11.5 Å². The summed E-state index contributed by atoms with van der Waals surface area (Å²) in [5.74, 6) is 0.0165. The average molecular weight is 405 g/mol. The molecular weight excluding hydrogens is 392 g/mol. The van der Waals surface area contributed by atoms with E-state index in [1.807, 2.05) is 31.2 Å². The number of hydrogen-bond donors (Lipinski definition) is 1. The van der Waals surface area contributed by atoms with E-state index in [0.717, 1.165) is 22.9 Å². The van der Waals surface area contributed by atoms with Crippen LogP contribution in [0.15, 0.2) is 52.1 Å². The number of halogens is 1. The molecule has 0 fully saturated rings. The van der Waals surface area contributed by atoms with Crippen molar-refractivity contribution in [3.8, 4) is 11.5 Å². The van der Waals surface area contributed by atoms with E-state index < -0.39 is 4.92 Å². The quantitative estimate of drug-likeness (QED) is 0.369. The zero-order valence-corrected chi connectivity index (χ0v) is 15.6. The fourth-order valence-corrected chi connectivity index (χ4v) is 2.99. The highest BCUT2D eigenvalue weighted by molar-refractivity contribution is 7.99. The highest BCUT2D eigenvalue weighted by atomic mass is 35.5. The molecule has 0 aliphatic carbocycles. The van der Waals surface area contributed by atoms with E-state index in [0.29, 0.717) is 5.89 Å². The van der Waals surface area contributed by atoms with Gasteiger partial charge in [0, 0.05) is 17.3 Å². The molecule has 0 radical (unpaired) electrons. The fraction of sp³-hybridized carbons (Fsp3) is 0.118. The summed E-state index contributed by atoms with van der Waals surface area (Å²) in [6.45, 7) is 1.94. The molecule has 1 aromatic heterocycles. The minimum atomic E-state index is -0.613. The standard InChI is InChI=1S/C17H13ClN4O4S/c1-10-4-2-3-5-12(10)16-20-21-17(26-16)27-9-15(23)19-11-6-7-13(18)14(8-11)22(24)25/h2-8H,9H2,1H3,(H,19,23). The lowest BCUT2D eigenvalue weighted by molar-refractivity contribution is -0.384. The molecule has 0 unspecified atom stereocenters. The van der Waals surface area contributed by atoms with Gasteiger partial charge in [-0.05, 0) is 30.7 Å². The third-order valence-corrected chi connectivity index (χ3v) is 4.67. The third-order valence-electron chi connectivity index (χ3n) is 3.54. The van der Waals surface area contributed by atoms with Crippen molar-refractivity contribution < 1.29 is 14.1 Å². The number of amides is 1. The highest BCUT2D eigenvalue weighted by Gasteiger charge is 2.15. The molecule has 3 aromatic rings. The maximum atomic E-state index is 12.1. The Kier molecular flexibility index (Phi) is 5.72. The van der Waals surface area contributed by atoms with Crippen LogP contribution in [0.5, 0.6) is 0 Å². The summed E-state index contributed by atoms with van der Waals surface area (Å²) in [7, 11) is 0. The Morgan fingerprint density at radius 1 is 1.30 bits per heavy atom. The zero-order chi connectivity index (χ0) is 19.4. The first kappa shape index (κ1) is 18.9. The first-order valence-electron chi connectivity index (χ1n) is 7.70. The second-order valence-corrected chi connectivity index (χ2v) is 6.78. The van der Waals surface area contributed by atoms with Crippen LogP contribution in [-0.2, 0) is 4.79 Å². The van der Waals surface area contributed by atoms with Crippen molar-refractivity contribution in [1.29, 1.82) is 0 Å². The first-order chi connectivity index (χ1) is 12.9. The smallest absolute Gasteiger partial charge is 0.289 e. The van der Waals surface area contributed by atoms with Crippen molar-refractivity contribution in [2.75, 3.05) is 11.1 Å². The number of aromatic nitrogens is 2. The van der Waals surface area contributed by atoms with Gasteiger partial charge in [-0.25, -0.2) is 0 Å². The highest BCUT2D eigenvalue weighted by Crippen LogP contribution is 2.28. The van der Waals surface area contributed by atoms with Crippen LogP contribution in [-0.4, -0.2) is 26.8 Å². The van der Waals surface area contributed by atoms with Gasteiger partial charge in [0.15, 0.2) is 0 Å². The Hall–Kier alpha value is -2.91. The minimum Gasteiger partial charge on any atom is -0.411 e. The predicted molar refractivity (Wildman–Crippen MR) is 102 cm³/mol. The van der Waals surface area contributed by atoms with E-state index in [2.05, 4.69) is 15.5 Å². The number of rotatable bonds is 6. The lowest BCUT2D eigenvalue weighted by Gasteiger charge is -2.04. The number of carbonyl (C=O) groups excluding carboxylic acids is 1. The molecule has 1 N–H and O–H groups in total. The van der Waals surface area contributed by atoms with Crippen LogP contribution in [0.1, 0.15) is 5.56 Å². The molecule has 1 amide bonds. The van der Waals surface area contributed by atoms with E-state index in [-0.39, 0.29) is 33.3 Å².